The van der Waals surface area contributed by atoms with E-state index in [9.17, 15) is 4.79 Å². The molecule has 4 nitrogen and oxygen atoms in total. The first kappa shape index (κ1) is 33.5. The first-order valence-electron chi connectivity index (χ1n) is 16.1. The van der Waals surface area contributed by atoms with Crippen LogP contribution in [0.5, 0.6) is 11.5 Å². The van der Waals surface area contributed by atoms with E-state index in [0.29, 0.717) is 13.0 Å². The molecule has 0 spiro atoms. The second kappa shape index (κ2) is 16.5. The van der Waals surface area contributed by atoms with E-state index in [4.69, 9.17) is 14.6 Å². The van der Waals surface area contributed by atoms with Crippen LogP contribution in [-0.4, -0.2) is 23.3 Å². The summed E-state index contributed by atoms with van der Waals surface area (Å²) in [5.41, 5.74) is 4.82. The molecule has 1 aromatic carbocycles. The largest absolute Gasteiger partial charge is 0.493 e. The number of carbonyl (C=O) groups is 1. The Kier molecular flexibility index (Phi) is 14.2. The van der Waals surface area contributed by atoms with Crippen molar-refractivity contribution in [2.24, 2.45) is 17.8 Å². The highest BCUT2D eigenvalue weighted by molar-refractivity contribution is 5.66. The average Bonchev–Trinajstić information content (AvgIpc) is 2.86. The van der Waals surface area contributed by atoms with Crippen LogP contribution in [-0.2, 0) is 11.2 Å². The molecule has 0 aromatic heterocycles. The normalized spacial score (nSPS) is 18.5. The quantitative estimate of drug-likeness (QED) is 0.176. The molecule has 0 saturated carbocycles. The third kappa shape index (κ3) is 11.4. The molecule has 1 heterocycles. The van der Waals surface area contributed by atoms with E-state index in [0.717, 1.165) is 61.4 Å². The average molecular weight is 545 g/mol. The maximum atomic E-state index is 10.7. The molecule has 0 radical (unpaired) electrons. The summed E-state index contributed by atoms with van der Waals surface area (Å²) in [7, 11) is 0. The number of unbranched alkanes of at least 4 members (excludes halogenated alkanes) is 2. The smallest absolute Gasteiger partial charge is 0.303 e. The van der Waals surface area contributed by atoms with Crippen molar-refractivity contribution in [2.75, 3.05) is 6.61 Å². The minimum Gasteiger partial charge on any atom is -0.493 e. The molecule has 224 valence electrons. The molecule has 1 aliphatic rings. The van der Waals surface area contributed by atoms with Gasteiger partial charge in [-0.05, 0) is 107 Å². The van der Waals surface area contributed by atoms with Crippen molar-refractivity contribution in [3.05, 3.63) is 22.3 Å². The molecule has 1 N–H and O–H groups in total. The second-order valence-electron chi connectivity index (χ2n) is 13.5. The van der Waals surface area contributed by atoms with Crippen LogP contribution in [0.25, 0.3) is 0 Å². The summed E-state index contributed by atoms with van der Waals surface area (Å²) in [5.74, 6) is 3.87. The molecule has 39 heavy (non-hydrogen) atoms. The van der Waals surface area contributed by atoms with E-state index in [2.05, 4.69) is 55.4 Å². The van der Waals surface area contributed by atoms with E-state index in [1.165, 1.54) is 73.6 Å². The van der Waals surface area contributed by atoms with Crippen LogP contribution in [0.1, 0.15) is 147 Å². The number of fused-ring (bicyclic) bond motifs is 1. The van der Waals surface area contributed by atoms with Crippen LogP contribution in [0.15, 0.2) is 0 Å². The van der Waals surface area contributed by atoms with Crippen LogP contribution >= 0.6 is 0 Å². The van der Waals surface area contributed by atoms with Gasteiger partial charge in [-0.3, -0.25) is 4.79 Å². The fraction of sp³-hybridized carbons (Fsp3) is 0.800. The highest BCUT2D eigenvalue weighted by Crippen LogP contribution is 2.45. The SMILES string of the molecule is Cc1c(C)c2c(c(C)c1OCCCCCC(=O)O)CC[C@@](C)(CCC[C@H](C)CCC[C@H](C)CCCC(C)C)O2. The Bertz CT molecular complexity index is 889. The lowest BCUT2D eigenvalue weighted by Gasteiger charge is -2.38. The second-order valence-corrected chi connectivity index (χ2v) is 13.5. The molecule has 0 aliphatic carbocycles. The van der Waals surface area contributed by atoms with E-state index >= 15 is 0 Å². The molecule has 1 aliphatic heterocycles. The van der Waals surface area contributed by atoms with Crippen LogP contribution in [0.4, 0.5) is 0 Å². The Labute approximate surface area is 240 Å². The molecular weight excluding hydrogens is 484 g/mol. The number of aliphatic carboxylic acids is 1. The number of carboxylic acids is 1. The lowest BCUT2D eigenvalue weighted by atomic mass is 9.83. The Balaban J connectivity index is 1.80. The number of rotatable bonds is 19. The van der Waals surface area contributed by atoms with E-state index in [-0.39, 0.29) is 12.0 Å². The maximum absolute atomic E-state index is 10.7. The van der Waals surface area contributed by atoms with Gasteiger partial charge < -0.3 is 14.6 Å². The third-order valence-corrected chi connectivity index (χ3v) is 9.12. The Morgan fingerprint density at radius 1 is 0.846 bits per heavy atom. The molecule has 0 fully saturated rings. The third-order valence-electron chi connectivity index (χ3n) is 9.12. The van der Waals surface area contributed by atoms with Gasteiger partial charge in [0.25, 0.3) is 0 Å². The minimum atomic E-state index is -0.720. The Hall–Kier alpha value is -1.71. The van der Waals surface area contributed by atoms with Crippen molar-refractivity contribution < 1.29 is 19.4 Å². The molecule has 2 rings (SSSR count). The van der Waals surface area contributed by atoms with Crippen molar-refractivity contribution >= 4 is 5.97 Å². The summed E-state index contributed by atoms with van der Waals surface area (Å²) in [6.07, 6.45) is 16.7. The predicted octanol–water partition coefficient (Wildman–Crippen LogP) is 10.2. The number of benzene rings is 1. The zero-order valence-corrected chi connectivity index (χ0v) is 26.7. The molecule has 0 unspecified atom stereocenters. The van der Waals surface area contributed by atoms with Gasteiger partial charge in [0.15, 0.2) is 0 Å². The van der Waals surface area contributed by atoms with Crippen molar-refractivity contribution in [1.82, 2.24) is 0 Å². The van der Waals surface area contributed by atoms with Crippen LogP contribution in [0.2, 0.25) is 0 Å². The number of carboxylic acid groups (broad SMARTS) is 1. The maximum Gasteiger partial charge on any atom is 0.303 e. The lowest BCUT2D eigenvalue weighted by molar-refractivity contribution is -0.137. The zero-order valence-electron chi connectivity index (χ0n) is 26.7. The molecule has 0 amide bonds. The van der Waals surface area contributed by atoms with Crippen molar-refractivity contribution in [1.29, 1.82) is 0 Å². The molecular formula is C35H60O4. The monoisotopic (exact) mass is 544 g/mol. The summed E-state index contributed by atoms with van der Waals surface area (Å²) in [5, 5.41) is 8.81. The van der Waals surface area contributed by atoms with E-state index < -0.39 is 5.97 Å². The van der Waals surface area contributed by atoms with Gasteiger partial charge in [-0.25, -0.2) is 0 Å². The van der Waals surface area contributed by atoms with Crippen LogP contribution < -0.4 is 9.47 Å². The van der Waals surface area contributed by atoms with Gasteiger partial charge in [-0.15, -0.1) is 0 Å². The highest BCUT2D eigenvalue weighted by Gasteiger charge is 2.34. The number of hydrogen-bond acceptors (Lipinski definition) is 3. The first-order chi connectivity index (χ1) is 18.4. The van der Waals surface area contributed by atoms with Crippen LogP contribution in [0, 0.1) is 38.5 Å². The molecule has 0 bridgehead atoms. The number of hydrogen-bond donors (Lipinski definition) is 1. The Morgan fingerprint density at radius 2 is 1.46 bits per heavy atom. The Morgan fingerprint density at radius 3 is 2.08 bits per heavy atom. The predicted molar refractivity (Wildman–Crippen MR) is 164 cm³/mol. The summed E-state index contributed by atoms with van der Waals surface area (Å²) in [4.78, 5) is 10.7. The zero-order chi connectivity index (χ0) is 29.0. The molecule has 3 atom stereocenters. The van der Waals surface area contributed by atoms with Gasteiger partial charge in [-0.1, -0.05) is 72.6 Å². The van der Waals surface area contributed by atoms with Gasteiger partial charge in [0, 0.05) is 12.0 Å². The summed E-state index contributed by atoms with van der Waals surface area (Å²) in [6, 6.07) is 0. The van der Waals surface area contributed by atoms with Gasteiger partial charge in [0.2, 0.25) is 0 Å². The fourth-order valence-corrected chi connectivity index (χ4v) is 6.21. The topological polar surface area (TPSA) is 55.8 Å². The highest BCUT2D eigenvalue weighted by atomic mass is 16.5. The summed E-state index contributed by atoms with van der Waals surface area (Å²) >= 11 is 0. The fourth-order valence-electron chi connectivity index (χ4n) is 6.21. The van der Waals surface area contributed by atoms with Gasteiger partial charge >= 0.3 is 5.97 Å². The summed E-state index contributed by atoms with van der Waals surface area (Å²) in [6.45, 7) is 19.0. The van der Waals surface area contributed by atoms with Crippen molar-refractivity contribution in [3.8, 4) is 11.5 Å². The van der Waals surface area contributed by atoms with Crippen molar-refractivity contribution in [2.45, 2.75) is 157 Å². The molecule has 1 aromatic rings. The van der Waals surface area contributed by atoms with Gasteiger partial charge in [0.05, 0.1) is 6.61 Å². The standard InChI is InChI=1S/C35H60O4/c1-25(2)15-12-16-26(3)17-13-18-27(4)19-14-22-35(8)23-21-31-30(7)33(28(5)29(6)34(31)39-35)38-24-11-9-10-20-32(36)37/h25-27H,9-24H2,1-8H3,(H,36,37)/t26-,27-,35-/m1/s1. The molecule has 0 saturated heterocycles. The van der Waals surface area contributed by atoms with Crippen LogP contribution in [0.3, 0.4) is 0 Å². The molecule has 4 heteroatoms. The van der Waals surface area contributed by atoms with E-state index in [1.54, 1.807) is 0 Å². The summed E-state index contributed by atoms with van der Waals surface area (Å²) < 4.78 is 13.0. The van der Waals surface area contributed by atoms with E-state index in [1.807, 2.05) is 0 Å². The first-order valence-corrected chi connectivity index (χ1v) is 16.1. The van der Waals surface area contributed by atoms with Gasteiger partial charge in [-0.2, -0.15) is 0 Å². The van der Waals surface area contributed by atoms with Gasteiger partial charge in [0.1, 0.15) is 17.1 Å². The minimum absolute atomic E-state index is 0.0895. The van der Waals surface area contributed by atoms with Crippen molar-refractivity contribution in [3.63, 3.8) is 0 Å². The lowest BCUT2D eigenvalue weighted by Crippen LogP contribution is -2.37. The number of ether oxygens (including phenoxy) is 2.